The number of hydrogen-bond donors (Lipinski definition) is 1. The van der Waals surface area contributed by atoms with Gasteiger partial charge >= 0.3 is 0 Å². The number of hydrazone groups is 1. The van der Waals surface area contributed by atoms with Gasteiger partial charge < -0.3 is 0 Å². The number of benzene rings is 2. The fraction of sp³-hybridized carbons (Fsp3) is 0.133. The minimum absolute atomic E-state index is 0.135. The molecule has 2 rings (SSSR count). The van der Waals surface area contributed by atoms with Crippen LogP contribution >= 0.6 is 0 Å². The third kappa shape index (κ3) is 3.41. The second-order valence-electron chi connectivity index (χ2n) is 4.23. The molecule has 0 saturated carbocycles. The van der Waals surface area contributed by atoms with E-state index in [-0.39, 0.29) is 10.6 Å². The van der Waals surface area contributed by atoms with Crippen molar-refractivity contribution in [3.8, 4) is 0 Å². The van der Waals surface area contributed by atoms with Crippen LogP contribution in [-0.4, -0.2) is 11.1 Å². The Morgan fingerprint density at radius 2 is 2.00 bits per heavy atom. The maximum absolute atomic E-state index is 11.0. The number of hydrogen-bond acceptors (Lipinski definition) is 4. The third-order valence-corrected chi connectivity index (χ3v) is 2.87. The molecule has 1 N–H and O–H groups in total. The van der Waals surface area contributed by atoms with E-state index in [9.17, 15) is 10.1 Å². The molecule has 102 valence electrons. The zero-order valence-electron chi connectivity index (χ0n) is 11.1. The van der Waals surface area contributed by atoms with Crippen LogP contribution in [0, 0.1) is 10.1 Å². The quantitative estimate of drug-likeness (QED) is 0.512. The van der Waals surface area contributed by atoms with Gasteiger partial charge in [-0.1, -0.05) is 37.3 Å². The smallest absolute Gasteiger partial charge is 0.273 e. The summed E-state index contributed by atoms with van der Waals surface area (Å²) in [4.78, 5) is 10.6. The minimum atomic E-state index is -0.360. The summed E-state index contributed by atoms with van der Waals surface area (Å²) >= 11 is 0. The second-order valence-corrected chi connectivity index (χ2v) is 4.23. The van der Waals surface area contributed by atoms with Gasteiger partial charge in [-0.15, -0.1) is 0 Å². The van der Waals surface area contributed by atoms with Crippen LogP contribution in [0.4, 0.5) is 11.4 Å². The van der Waals surface area contributed by atoms with E-state index in [0.29, 0.717) is 12.0 Å². The van der Waals surface area contributed by atoms with Crippen LogP contribution in [0.5, 0.6) is 0 Å². The van der Waals surface area contributed by atoms with Crippen molar-refractivity contribution in [3.63, 3.8) is 0 Å². The Hall–Kier alpha value is -2.69. The summed E-state index contributed by atoms with van der Waals surface area (Å²) in [5.74, 6) is 0. The van der Waals surface area contributed by atoms with Gasteiger partial charge in [-0.25, -0.2) is 0 Å². The average Bonchev–Trinajstić information content (AvgIpc) is 2.48. The number of nitrogens with zero attached hydrogens (tertiary/aromatic N) is 2. The van der Waals surface area contributed by atoms with Crippen LogP contribution in [0.15, 0.2) is 53.6 Å². The molecule has 0 amide bonds. The summed E-state index contributed by atoms with van der Waals surface area (Å²) in [6, 6.07) is 14.6. The van der Waals surface area contributed by atoms with Gasteiger partial charge in [0, 0.05) is 17.2 Å². The average molecular weight is 269 g/mol. The number of nitro groups is 1. The molecule has 0 saturated heterocycles. The lowest BCUT2D eigenvalue weighted by molar-refractivity contribution is -0.385. The van der Waals surface area contributed by atoms with Crippen LogP contribution in [0.3, 0.4) is 0 Å². The molecule has 0 aliphatic carbocycles. The molecule has 2 aromatic carbocycles. The number of aryl methyl sites for hydroxylation is 1. The second kappa shape index (κ2) is 6.47. The van der Waals surface area contributed by atoms with Gasteiger partial charge in [0.2, 0.25) is 0 Å². The Kier molecular flexibility index (Phi) is 4.44. The molecule has 0 radical (unpaired) electrons. The first-order valence-electron chi connectivity index (χ1n) is 6.32. The first-order valence-corrected chi connectivity index (χ1v) is 6.32. The highest BCUT2D eigenvalue weighted by molar-refractivity contribution is 5.81. The minimum Gasteiger partial charge on any atom is -0.279 e. The predicted octanol–water partition coefficient (Wildman–Crippen LogP) is 3.60. The van der Waals surface area contributed by atoms with Crippen molar-refractivity contribution in [1.82, 2.24) is 0 Å². The first kappa shape index (κ1) is 13.7. The highest BCUT2D eigenvalue weighted by atomic mass is 16.6. The predicted molar refractivity (Wildman–Crippen MR) is 80.1 cm³/mol. The Morgan fingerprint density at radius 3 is 2.65 bits per heavy atom. The molecular weight excluding hydrogens is 254 g/mol. The Bertz CT molecular complexity index is 624. The van der Waals surface area contributed by atoms with E-state index in [1.54, 1.807) is 12.3 Å². The zero-order valence-corrected chi connectivity index (χ0v) is 11.1. The number of nitrogens with one attached hydrogen (secondary N) is 1. The summed E-state index contributed by atoms with van der Waals surface area (Å²) in [7, 11) is 0. The molecule has 0 aliphatic heterocycles. The zero-order chi connectivity index (χ0) is 14.4. The molecule has 0 aliphatic rings. The van der Waals surface area contributed by atoms with Crippen molar-refractivity contribution in [2.24, 2.45) is 5.10 Å². The molecule has 0 fully saturated rings. The standard InChI is InChI=1S/C15H15N3O2/c1-2-13-9-8-12(10-15(13)18(19)20)11-16-17-14-6-4-3-5-7-14/h3-11,17H,2H2,1H3. The van der Waals surface area contributed by atoms with Crippen molar-refractivity contribution in [2.75, 3.05) is 5.43 Å². The van der Waals surface area contributed by atoms with Gasteiger partial charge in [-0.3, -0.25) is 15.5 Å². The molecule has 0 spiro atoms. The van der Waals surface area contributed by atoms with E-state index in [1.165, 1.54) is 6.07 Å². The molecule has 0 bridgehead atoms. The molecular formula is C15H15N3O2. The monoisotopic (exact) mass is 269 g/mol. The van der Waals surface area contributed by atoms with E-state index >= 15 is 0 Å². The molecule has 0 heterocycles. The van der Waals surface area contributed by atoms with Crippen molar-refractivity contribution in [2.45, 2.75) is 13.3 Å². The van der Waals surface area contributed by atoms with Gasteiger partial charge in [0.15, 0.2) is 0 Å². The molecule has 0 aromatic heterocycles. The van der Waals surface area contributed by atoms with Crippen LogP contribution in [0.2, 0.25) is 0 Å². The summed E-state index contributed by atoms with van der Waals surface area (Å²) in [6.07, 6.45) is 2.20. The topological polar surface area (TPSA) is 67.5 Å². The Balaban J connectivity index is 2.13. The van der Waals surface area contributed by atoms with Crippen molar-refractivity contribution in [3.05, 3.63) is 69.8 Å². The molecule has 20 heavy (non-hydrogen) atoms. The number of nitro benzene ring substituents is 1. The number of rotatable bonds is 5. The van der Waals surface area contributed by atoms with Crippen LogP contribution in [0.1, 0.15) is 18.1 Å². The van der Waals surface area contributed by atoms with Crippen molar-refractivity contribution >= 4 is 17.6 Å². The van der Waals surface area contributed by atoms with E-state index in [1.807, 2.05) is 43.3 Å². The molecule has 5 nitrogen and oxygen atoms in total. The van der Waals surface area contributed by atoms with Gasteiger partial charge in [0.05, 0.1) is 16.8 Å². The summed E-state index contributed by atoms with van der Waals surface area (Å²) in [5.41, 5.74) is 5.29. The SMILES string of the molecule is CCc1ccc(C=NNc2ccccc2)cc1[N+](=O)[O-]. The highest BCUT2D eigenvalue weighted by Gasteiger charge is 2.12. The van der Waals surface area contributed by atoms with E-state index in [2.05, 4.69) is 10.5 Å². The third-order valence-electron chi connectivity index (χ3n) is 2.87. The normalized spacial score (nSPS) is 10.7. The first-order chi connectivity index (χ1) is 9.70. The fourth-order valence-electron chi connectivity index (χ4n) is 1.82. The molecule has 0 unspecified atom stereocenters. The van der Waals surface area contributed by atoms with Gasteiger partial charge in [0.25, 0.3) is 5.69 Å². The lowest BCUT2D eigenvalue weighted by Crippen LogP contribution is -1.97. The largest absolute Gasteiger partial charge is 0.279 e. The Labute approximate surface area is 117 Å². The molecule has 5 heteroatoms. The number of anilines is 1. The van der Waals surface area contributed by atoms with Gasteiger partial charge in [0.1, 0.15) is 0 Å². The highest BCUT2D eigenvalue weighted by Crippen LogP contribution is 2.20. The summed E-state index contributed by atoms with van der Waals surface area (Å²) in [6.45, 7) is 1.90. The van der Waals surface area contributed by atoms with Gasteiger partial charge in [-0.2, -0.15) is 5.10 Å². The molecule has 0 atom stereocenters. The Morgan fingerprint density at radius 1 is 1.25 bits per heavy atom. The van der Waals surface area contributed by atoms with E-state index < -0.39 is 0 Å². The van der Waals surface area contributed by atoms with Crippen molar-refractivity contribution in [1.29, 1.82) is 0 Å². The lowest BCUT2D eigenvalue weighted by atomic mass is 10.1. The van der Waals surface area contributed by atoms with Crippen LogP contribution in [0.25, 0.3) is 0 Å². The summed E-state index contributed by atoms with van der Waals surface area (Å²) < 4.78 is 0. The fourth-order valence-corrected chi connectivity index (χ4v) is 1.82. The van der Waals surface area contributed by atoms with Crippen LogP contribution in [-0.2, 0) is 6.42 Å². The summed E-state index contributed by atoms with van der Waals surface area (Å²) in [5, 5.41) is 15.0. The maximum Gasteiger partial charge on any atom is 0.273 e. The van der Waals surface area contributed by atoms with Crippen LogP contribution < -0.4 is 5.43 Å². The molecule has 2 aromatic rings. The maximum atomic E-state index is 11.0. The van der Waals surface area contributed by atoms with Crippen molar-refractivity contribution < 1.29 is 4.92 Å². The van der Waals surface area contributed by atoms with Gasteiger partial charge in [-0.05, 0) is 18.6 Å². The van der Waals surface area contributed by atoms with E-state index in [4.69, 9.17) is 0 Å². The number of para-hydroxylation sites is 1. The van der Waals surface area contributed by atoms with E-state index in [0.717, 1.165) is 11.3 Å². The lowest BCUT2D eigenvalue weighted by Gasteiger charge is -2.01.